The van der Waals surface area contributed by atoms with E-state index in [0.717, 1.165) is 46.6 Å². The molecule has 0 saturated heterocycles. The molecule has 0 fully saturated rings. The van der Waals surface area contributed by atoms with Gasteiger partial charge in [0.15, 0.2) is 0 Å². The predicted molar refractivity (Wildman–Crippen MR) is 125 cm³/mol. The van der Waals surface area contributed by atoms with Crippen LogP contribution in [-0.2, 0) is 16.4 Å². The van der Waals surface area contributed by atoms with Crippen LogP contribution in [0.25, 0.3) is 0 Å². The van der Waals surface area contributed by atoms with Crippen LogP contribution in [0, 0.1) is 13.8 Å². The van der Waals surface area contributed by atoms with E-state index in [1.807, 2.05) is 74.5 Å². The molecule has 0 heterocycles. The minimum Gasteiger partial charge on any atom is -0.199 e. The Labute approximate surface area is 175 Å². The third-order valence-electron chi connectivity index (χ3n) is 5.05. The van der Waals surface area contributed by atoms with Crippen molar-refractivity contribution in [3.05, 3.63) is 89.5 Å². The molecule has 0 saturated carbocycles. The van der Waals surface area contributed by atoms with Crippen LogP contribution in [0.3, 0.4) is 0 Å². The van der Waals surface area contributed by atoms with Crippen LogP contribution >= 0.6 is 7.71 Å². The van der Waals surface area contributed by atoms with Crippen molar-refractivity contribution < 1.29 is 8.42 Å². The number of rotatable bonds is 7. The Hall–Kier alpha value is -2.16. The predicted octanol–water partition coefficient (Wildman–Crippen LogP) is 5.38. The largest absolute Gasteiger partial charge is 0.281 e. The second-order valence-electron chi connectivity index (χ2n) is 7.29. The van der Waals surface area contributed by atoms with Gasteiger partial charge in [-0.3, -0.25) is 0 Å². The Balaban J connectivity index is 2.10. The quantitative estimate of drug-likeness (QED) is 0.477. The highest BCUT2D eigenvalue weighted by molar-refractivity contribution is 7.94. The molecule has 0 unspecified atom stereocenters. The van der Waals surface area contributed by atoms with Gasteiger partial charge >= 0.3 is 0 Å². The van der Waals surface area contributed by atoms with Crippen molar-refractivity contribution >= 4 is 28.3 Å². The zero-order chi connectivity index (χ0) is 20.9. The molecule has 0 atom stereocenters. The molecule has 3 aromatic rings. The van der Waals surface area contributed by atoms with Gasteiger partial charge in [0.25, 0.3) is 10.0 Å². The number of unbranched alkanes of at least 4 members (excludes halogenated alkanes) is 1. The fourth-order valence-electron chi connectivity index (χ4n) is 3.30. The normalized spacial score (nSPS) is 11.6. The average molecular weight is 426 g/mol. The molecular weight excluding hydrogens is 397 g/mol. The summed E-state index contributed by atoms with van der Waals surface area (Å²) in [5.41, 5.74) is 3.30. The molecule has 3 nitrogen and oxygen atoms in total. The monoisotopic (exact) mass is 425 g/mol. The first-order valence-corrected chi connectivity index (χ1v) is 12.9. The van der Waals surface area contributed by atoms with Crippen LogP contribution in [-0.4, -0.2) is 8.42 Å². The Morgan fingerprint density at radius 2 is 1.31 bits per heavy atom. The fraction of sp³-hybridized carbons (Fsp3) is 0.250. The molecule has 3 aromatic carbocycles. The van der Waals surface area contributed by atoms with E-state index in [0.29, 0.717) is 0 Å². The summed E-state index contributed by atoms with van der Waals surface area (Å²) in [7, 11) is -5.61. The number of sulfonamides is 1. The molecule has 0 aliphatic heterocycles. The zero-order valence-electron chi connectivity index (χ0n) is 17.2. The van der Waals surface area contributed by atoms with Crippen molar-refractivity contribution in [3.63, 3.8) is 0 Å². The standard InChI is InChI=1S/C24H28NO2PS/c1-4-5-12-21-15-17-22(18-16-21)29(26,27)25-28(23-13-8-6-10-19(23)2)24-14-9-7-11-20(24)3/h6-11,13-18,28H,4-5,12H2,1-3H3. The van der Waals surface area contributed by atoms with E-state index in [2.05, 4.69) is 11.1 Å². The van der Waals surface area contributed by atoms with Crippen LogP contribution in [0.4, 0.5) is 0 Å². The van der Waals surface area contributed by atoms with Gasteiger partial charge in [0, 0.05) is 7.71 Å². The maximum Gasteiger partial charge on any atom is 0.281 e. The Kier molecular flexibility index (Phi) is 7.10. The van der Waals surface area contributed by atoms with Gasteiger partial charge in [-0.05, 0) is 66.1 Å². The Morgan fingerprint density at radius 1 is 0.793 bits per heavy atom. The molecule has 0 bridgehead atoms. The third-order valence-corrected chi connectivity index (χ3v) is 9.75. The molecule has 152 valence electrons. The number of nitrogens with zero attached hydrogens (tertiary/aromatic N) is 1. The molecule has 29 heavy (non-hydrogen) atoms. The first-order chi connectivity index (χ1) is 13.9. The first-order valence-electron chi connectivity index (χ1n) is 9.98. The highest BCUT2D eigenvalue weighted by atomic mass is 32.2. The average Bonchev–Trinajstić information content (AvgIpc) is 2.72. The lowest BCUT2D eigenvalue weighted by Crippen LogP contribution is -2.13. The second kappa shape index (κ2) is 9.56. The van der Waals surface area contributed by atoms with Crippen molar-refractivity contribution in [2.24, 2.45) is 4.15 Å². The van der Waals surface area contributed by atoms with Gasteiger partial charge in [0.05, 0.1) is 4.90 Å². The summed E-state index contributed by atoms with van der Waals surface area (Å²) in [5.74, 6) is 0. The lowest BCUT2D eigenvalue weighted by atomic mass is 10.1. The molecule has 0 N–H and O–H groups in total. The summed E-state index contributed by atoms with van der Waals surface area (Å²) >= 11 is 0. The number of hydrogen-bond acceptors (Lipinski definition) is 2. The molecule has 0 aromatic heterocycles. The van der Waals surface area contributed by atoms with Crippen LogP contribution < -0.4 is 10.6 Å². The molecule has 0 amide bonds. The highest BCUT2D eigenvalue weighted by Gasteiger charge is 2.18. The minimum absolute atomic E-state index is 0.266. The fourth-order valence-corrected chi connectivity index (χ4v) is 7.66. The van der Waals surface area contributed by atoms with Crippen molar-refractivity contribution in [1.29, 1.82) is 0 Å². The number of aryl methyl sites for hydroxylation is 3. The smallest absolute Gasteiger partial charge is 0.199 e. The van der Waals surface area contributed by atoms with Crippen molar-refractivity contribution in [3.8, 4) is 0 Å². The molecular formula is C24H28NO2PS. The zero-order valence-corrected chi connectivity index (χ0v) is 19.0. The molecule has 0 radical (unpaired) electrons. The SMILES string of the molecule is CCCCc1ccc(S(=O)(=O)N=[PH](c2ccccc2C)c2ccccc2C)cc1. The van der Waals surface area contributed by atoms with E-state index in [4.69, 9.17) is 0 Å². The summed E-state index contributed by atoms with van der Waals surface area (Å²) in [4.78, 5) is 0.266. The van der Waals surface area contributed by atoms with Crippen molar-refractivity contribution in [1.82, 2.24) is 0 Å². The van der Waals surface area contributed by atoms with E-state index in [1.54, 1.807) is 12.1 Å². The maximum absolute atomic E-state index is 13.2. The lowest BCUT2D eigenvalue weighted by molar-refractivity contribution is 0.598. The minimum atomic E-state index is -3.76. The van der Waals surface area contributed by atoms with Crippen LogP contribution in [0.2, 0.25) is 0 Å². The first kappa shape index (κ1) is 21.5. The van der Waals surface area contributed by atoms with Crippen LogP contribution in [0.1, 0.15) is 36.5 Å². The third kappa shape index (κ3) is 5.26. The van der Waals surface area contributed by atoms with E-state index < -0.39 is 17.7 Å². The molecule has 0 aliphatic rings. The topological polar surface area (TPSA) is 46.5 Å². The van der Waals surface area contributed by atoms with E-state index >= 15 is 0 Å². The van der Waals surface area contributed by atoms with Gasteiger partial charge in [0.1, 0.15) is 0 Å². The Morgan fingerprint density at radius 3 is 1.79 bits per heavy atom. The van der Waals surface area contributed by atoms with Gasteiger partial charge in [-0.1, -0.05) is 74.0 Å². The Bertz CT molecular complexity index is 1070. The molecule has 0 aliphatic carbocycles. The van der Waals surface area contributed by atoms with E-state index in [1.165, 1.54) is 0 Å². The number of hydrogen-bond donors (Lipinski definition) is 0. The van der Waals surface area contributed by atoms with Gasteiger partial charge in [-0.25, -0.2) is 0 Å². The van der Waals surface area contributed by atoms with E-state index in [9.17, 15) is 8.42 Å². The molecule has 5 heteroatoms. The summed E-state index contributed by atoms with van der Waals surface area (Å²) in [6, 6.07) is 23.1. The summed E-state index contributed by atoms with van der Waals surface area (Å²) in [5, 5.41) is 2.02. The second-order valence-corrected chi connectivity index (χ2v) is 11.2. The lowest BCUT2D eigenvalue weighted by Gasteiger charge is -2.14. The summed E-state index contributed by atoms with van der Waals surface area (Å²) in [6.45, 7) is 6.18. The highest BCUT2D eigenvalue weighted by Crippen LogP contribution is 2.31. The summed E-state index contributed by atoms with van der Waals surface area (Å²) in [6.07, 6.45) is 3.19. The van der Waals surface area contributed by atoms with Crippen molar-refractivity contribution in [2.45, 2.75) is 44.9 Å². The van der Waals surface area contributed by atoms with Gasteiger partial charge in [-0.15, -0.1) is 0 Å². The van der Waals surface area contributed by atoms with E-state index in [-0.39, 0.29) is 4.90 Å². The van der Waals surface area contributed by atoms with Gasteiger partial charge < -0.3 is 0 Å². The summed E-state index contributed by atoms with van der Waals surface area (Å²) < 4.78 is 30.9. The van der Waals surface area contributed by atoms with Gasteiger partial charge in [0.2, 0.25) is 0 Å². The molecule has 3 rings (SSSR count). The van der Waals surface area contributed by atoms with Crippen LogP contribution in [0.5, 0.6) is 0 Å². The maximum atomic E-state index is 13.2. The van der Waals surface area contributed by atoms with Crippen LogP contribution in [0.15, 0.2) is 81.8 Å². The number of benzene rings is 3. The van der Waals surface area contributed by atoms with Crippen molar-refractivity contribution in [2.75, 3.05) is 0 Å². The van der Waals surface area contributed by atoms with Gasteiger partial charge in [-0.2, -0.15) is 12.6 Å². The molecule has 0 spiro atoms.